The molecule has 0 saturated heterocycles. The average Bonchev–Trinajstić information content (AvgIpc) is 3.05. The number of anilines is 1. The highest BCUT2D eigenvalue weighted by molar-refractivity contribution is 7.20. The molecule has 1 fully saturated rings. The van der Waals surface area contributed by atoms with Crippen LogP contribution in [-0.4, -0.2) is 23.2 Å². The molecule has 1 N–H and O–H groups in total. The number of carbonyl (C=O) groups excluding carboxylic acids is 1. The fourth-order valence-electron chi connectivity index (χ4n) is 3.75. The van der Waals surface area contributed by atoms with Crippen molar-refractivity contribution in [3.63, 3.8) is 0 Å². The van der Waals surface area contributed by atoms with Crippen molar-refractivity contribution in [2.24, 2.45) is 11.8 Å². The minimum atomic E-state index is -1.43. The molecule has 1 aliphatic rings. The van der Waals surface area contributed by atoms with Crippen molar-refractivity contribution in [1.29, 1.82) is 0 Å². The maximum absolute atomic E-state index is 13.4. The number of halogens is 1. The molecule has 1 heterocycles. The van der Waals surface area contributed by atoms with E-state index in [1.54, 1.807) is 23.1 Å². The van der Waals surface area contributed by atoms with Crippen molar-refractivity contribution in [3.8, 4) is 16.2 Å². The second kappa shape index (κ2) is 8.95. The molecule has 1 aliphatic carbocycles. The summed E-state index contributed by atoms with van der Waals surface area (Å²) in [4.78, 5) is 27.0. The van der Waals surface area contributed by atoms with Crippen LogP contribution in [0.4, 0.5) is 14.2 Å². The molecule has 1 saturated carbocycles. The summed E-state index contributed by atoms with van der Waals surface area (Å²) in [5, 5.41) is 9.65. The van der Waals surface area contributed by atoms with Gasteiger partial charge in [0.25, 0.3) is 0 Å². The normalized spacial score (nSPS) is 19.2. The van der Waals surface area contributed by atoms with Gasteiger partial charge in [0, 0.05) is 22.9 Å². The van der Waals surface area contributed by atoms with Crippen LogP contribution in [0.5, 0.6) is 5.75 Å². The Kier molecular flexibility index (Phi) is 6.57. The third-order valence-corrected chi connectivity index (χ3v) is 6.51. The van der Waals surface area contributed by atoms with Crippen LogP contribution < -0.4 is 9.64 Å². The van der Waals surface area contributed by atoms with Gasteiger partial charge in [0.15, 0.2) is 5.75 Å². The lowest BCUT2D eigenvalue weighted by Gasteiger charge is -2.33. The molecule has 0 spiro atoms. The lowest BCUT2D eigenvalue weighted by Crippen LogP contribution is -2.42. The molecule has 0 bridgehead atoms. The summed E-state index contributed by atoms with van der Waals surface area (Å²) in [7, 11) is 0. The van der Waals surface area contributed by atoms with E-state index in [1.165, 1.54) is 23.5 Å². The summed E-state index contributed by atoms with van der Waals surface area (Å²) >= 11 is 1.28. The van der Waals surface area contributed by atoms with Crippen LogP contribution in [0.3, 0.4) is 0 Å². The fourth-order valence-corrected chi connectivity index (χ4v) is 4.98. The molecule has 0 unspecified atom stereocenters. The predicted octanol–water partition coefficient (Wildman–Crippen LogP) is 6.18. The minimum Gasteiger partial charge on any atom is -0.449 e. The molecule has 156 valence electrons. The highest BCUT2D eigenvalue weighted by Gasteiger charge is 2.33. The highest BCUT2D eigenvalue weighted by atomic mass is 32.1. The van der Waals surface area contributed by atoms with Crippen LogP contribution in [0.15, 0.2) is 30.3 Å². The number of benzene rings is 1. The number of carbonyl (C=O) groups is 2. The van der Waals surface area contributed by atoms with Crippen LogP contribution in [-0.2, 0) is 4.79 Å². The molecule has 5 nitrogen and oxygen atoms in total. The second-order valence-electron chi connectivity index (χ2n) is 7.91. The number of amides is 1. The zero-order valence-corrected chi connectivity index (χ0v) is 17.7. The fraction of sp³-hybridized carbons (Fsp3) is 0.455. The molecular formula is C22H26FNO4S. The number of hydrogen-bond acceptors (Lipinski definition) is 4. The molecule has 2 aromatic rings. The number of rotatable bonds is 5. The lowest BCUT2D eigenvalue weighted by molar-refractivity contribution is -0.123. The van der Waals surface area contributed by atoms with E-state index in [0.717, 1.165) is 31.2 Å². The quantitative estimate of drug-likeness (QED) is 0.588. The van der Waals surface area contributed by atoms with Crippen LogP contribution >= 0.6 is 11.3 Å². The number of nitrogens with zero attached hydrogens (tertiary/aromatic N) is 1. The minimum absolute atomic E-state index is 0.00893. The third-order valence-electron chi connectivity index (χ3n) is 5.34. The number of hydrogen-bond donors (Lipinski definition) is 1. The van der Waals surface area contributed by atoms with Crippen molar-refractivity contribution < 1.29 is 23.8 Å². The summed E-state index contributed by atoms with van der Waals surface area (Å²) in [6.07, 6.45) is 2.29. The monoisotopic (exact) mass is 419 g/mol. The summed E-state index contributed by atoms with van der Waals surface area (Å²) in [6.45, 7) is 6.02. The first kappa shape index (κ1) is 21.3. The van der Waals surface area contributed by atoms with E-state index in [0.29, 0.717) is 15.8 Å². The van der Waals surface area contributed by atoms with Crippen LogP contribution in [0.1, 0.15) is 46.5 Å². The van der Waals surface area contributed by atoms with Gasteiger partial charge in [-0.3, -0.25) is 9.69 Å². The van der Waals surface area contributed by atoms with Crippen molar-refractivity contribution in [2.45, 2.75) is 52.5 Å². The van der Waals surface area contributed by atoms with Gasteiger partial charge in [0.1, 0.15) is 10.8 Å². The molecule has 29 heavy (non-hydrogen) atoms. The van der Waals surface area contributed by atoms with Crippen molar-refractivity contribution in [2.75, 3.05) is 4.90 Å². The molecule has 3 rings (SSSR count). The van der Waals surface area contributed by atoms with E-state index in [1.807, 2.05) is 13.8 Å². The molecule has 0 atom stereocenters. The Balaban J connectivity index is 1.98. The van der Waals surface area contributed by atoms with Gasteiger partial charge in [0.2, 0.25) is 5.91 Å². The Morgan fingerprint density at radius 2 is 1.79 bits per heavy atom. The standard InChI is InChI=1S/C22H26FNO4S/c1-13(2)24(20(25)16-6-4-14(3)5-7-16)21-18(28-22(26)27)12-19(29-21)15-8-10-17(23)11-9-15/h8-14,16H,4-7H2,1-3H3,(H,26,27). The topological polar surface area (TPSA) is 66.8 Å². The SMILES string of the molecule is CC1CCC(C(=O)N(c2sc(-c3ccc(F)cc3)cc2OC(=O)O)C(C)C)CC1. The van der Waals surface area contributed by atoms with E-state index in [-0.39, 0.29) is 29.4 Å². The van der Waals surface area contributed by atoms with Gasteiger partial charge in [-0.05, 0) is 63.1 Å². The lowest BCUT2D eigenvalue weighted by atomic mass is 9.82. The Morgan fingerprint density at radius 3 is 2.34 bits per heavy atom. The van der Waals surface area contributed by atoms with E-state index < -0.39 is 6.16 Å². The molecule has 7 heteroatoms. The molecular weight excluding hydrogens is 393 g/mol. The molecule has 1 aromatic carbocycles. The Hall–Kier alpha value is -2.41. The Morgan fingerprint density at radius 1 is 1.17 bits per heavy atom. The summed E-state index contributed by atoms with van der Waals surface area (Å²) in [5.74, 6) is 0.354. The van der Waals surface area contributed by atoms with Gasteiger partial charge in [0.05, 0.1) is 0 Å². The summed E-state index contributed by atoms with van der Waals surface area (Å²) < 4.78 is 18.3. The maximum atomic E-state index is 13.4. The number of carboxylic acid groups (broad SMARTS) is 1. The van der Waals surface area contributed by atoms with Crippen molar-refractivity contribution in [1.82, 2.24) is 0 Å². The third kappa shape index (κ3) is 4.96. The first-order valence-corrected chi connectivity index (χ1v) is 10.7. The zero-order valence-electron chi connectivity index (χ0n) is 16.9. The summed E-state index contributed by atoms with van der Waals surface area (Å²) in [5.41, 5.74) is 0.737. The number of thiophene rings is 1. The molecule has 0 aliphatic heterocycles. The number of ether oxygens (including phenoxy) is 1. The van der Waals surface area contributed by atoms with Gasteiger partial charge >= 0.3 is 6.16 Å². The summed E-state index contributed by atoms with van der Waals surface area (Å²) in [6, 6.07) is 7.39. The van der Waals surface area contributed by atoms with E-state index in [9.17, 15) is 19.1 Å². The average molecular weight is 420 g/mol. The van der Waals surface area contributed by atoms with Gasteiger partial charge in [-0.2, -0.15) is 0 Å². The maximum Gasteiger partial charge on any atom is 0.511 e. The van der Waals surface area contributed by atoms with Crippen LogP contribution in [0, 0.1) is 17.7 Å². The van der Waals surface area contributed by atoms with Crippen molar-refractivity contribution >= 4 is 28.4 Å². The largest absolute Gasteiger partial charge is 0.511 e. The van der Waals surface area contributed by atoms with E-state index in [4.69, 9.17) is 4.74 Å². The van der Waals surface area contributed by atoms with Crippen LogP contribution in [0.2, 0.25) is 0 Å². The van der Waals surface area contributed by atoms with Crippen molar-refractivity contribution in [3.05, 3.63) is 36.1 Å². The molecule has 0 radical (unpaired) electrons. The van der Waals surface area contributed by atoms with E-state index >= 15 is 0 Å². The Bertz CT molecular complexity index is 869. The van der Waals surface area contributed by atoms with Gasteiger partial charge in [-0.1, -0.05) is 19.1 Å². The molecule has 1 aromatic heterocycles. The predicted molar refractivity (Wildman–Crippen MR) is 112 cm³/mol. The Labute approximate surface area is 174 Å². The highest BCUT2D eigenvalue weighted by Crippen LogP contribution is 2.45. The zero-order chi connectivity index (χ0) is 21.1. The van der Waals surface area contributed by atoms with Gasteiger partial charge < -0.3 is 9.84 Å². The first-order valence-electron chi connectivity index (χ1n) is 9.90. The van der Waals surface area contributed by atoms with Gasteiger partial charge in [-0.25, -0.2) is 9.18 Å². The van der Waals surface area contributed by atoms with E-state index in [2.05, 4.69) is 6.92 Å². The van der Waals surface area contributed by atoms with Crippen LogP contribution in [0.25, 0.3) is 10.4 Å². The molecule has 1 amide bonds. The second-order valence-corrected chi connectivity index (χ2v) is 8.94. The first-order chi connectivity index (χ1) is 13.8. The van der Waals surface area contributed by atoms with Gasteiger partial charge in [-0.15, -0.1) is 11.3 Å². The smallest absolute Gasteiger partial charge is 0.449 e.